The van der Waals surface area contributed by atoms with Crippen LogP contribution in [-0.4, -0.2) is 94.0 Å². The Hall–Kier alpha value is -8.09. The van der Waals surface area contributed by atoms with E-state index in [-0.39, 0.29) is 79.9 Å². The Kier molecular flexibility index (Phi) is 29.6. The van der Waals surface area contributed by atoms with Crippen LogP contribution < -0.4 is 33.4 Å². The number of ether oxygens (including phenoxy) is 1. The van der Waals surface area contributed by atoms with E-state index in [1.54, 1.807) is 89.5 Å². The topological polar surface area (TPSA) is 255 Å². The van der Waals surface area contributed by atoms with Gasteiger partial charge in [0.2, 0.25) is 31.9 Å². The van der Waals surface area contributed by atoms with Crippen molar-refractivity contribution in [2.45, 2.75) is 177 Å². The average Bonchev–Trinajstić information content (AvgIpc) is 0.812. The molecule has 3 aliphatic rings. The van der Waals surface area contributed by atoms with Gasteiger partial charge < -0.3 is 9.64 Å². The van der Waals surface area contributed by atoms with Gasteiger partial charge in [-0.05, 0) is 179 Å². The molecule has 10 rings (SSSR count). The van der Waals surface area contributed by atoms with Crippen molar-refractivity contribution in [3.8, 4) is 5.75 Å². The molecule has 3 saturated carbocycles. The van der Waals surface area contributed by atoms with Gasteiger partial charge in [-0.3, -0.25) is 38.3 Å². The highest BCUT2D eigenvalue weighted by Crippen LogP contribution is 2.36. The van der Waals surface area contributed by atoms with Gasteiger partial charge in [-0.2, -0.15) is 0 Å². The van der Waals surface area contributed by atoms with E-state index < -0.39 is 40.1 Å². The average molecular weight is 1440 g/mol. The van der Waals surface area contributed by atoms with E-state index in [1.165, 1.54) is 48.9 Å². The molecule has 4 N–H and O–H groups in total. The fourth-order valence-electron chi connectivity index (χ4n) is 12.9. The Bertz CT molecular complexity index is 4030. The number of carbonyl (C=O) groups excluding carboxylic acids is 3. The molecule has 100 heavy (non-hydrogen) atoms. The number of unbranched alkanes of at least 4 members (excludes halogenated alkanes) is 6. The molecule has 3 aliphatic carbocycles. The standard InChI is InChI=1S/C26H29N3O5S2.C26H36N2O4S.C25H34N2O3S/c1-29(23-11-5-2-6-12-23)26(30)20-17-21(27-35(31,32)24-13-7-3-8-14-24)19-22(18-20)28-36(33,34)25-15-9-4-10-16-25;1-3-4-5-9-20-33(30,31)27-22-12-14-23(15-13-22)28(24-16-18-25(32-2)19-17-24)26(29)21-10-7-6-8-11-21;1-2-3-4-11-20-31(29,30)26-22-18-16-21(17-19-22)25(28)27(23-12-7-5-8-13-23)24-14-9-6-10-15-24/h3-4,7-10,13-19,23,27-28H,2,5-6,11-12H2,1H3;12-19,21,27H,3-11,20H2,1-2H3;5-10,12-15,21-22,26H,2-4,11,16-20H2,1H3. The van der Waals surface area contributed by atoms with Gasteiger partial charge in [0.15, 0.2) is 0 Å². The second kappa shape index (κ2) is 38.1. The second-order valence-electron chi connectivity index (χ2n) is 26.0. The summed E-state index contributed by atoms with van der Waals surface area (Å²) >= 11 is 0. The van der Waals surface area contributed by atoms with Crippen LogP contribution in [0.25, 0.3) is 0 Å². The molecule has 7 aromatic rings. The number of para-hydroxylation sites is 2. The predicted molar refractivity (Wildman–Crippen MR) is 401 cm³/mol. The molecule has 3 amide bonds. The number of amides is 3. The molecule has 0 unspecified atom stereocenters. The van der Waals surface area contributed by atoms with Crippen LogP contribution in [0.2, 0.25) is 0 Å². The van der Waals surface area contributed by atoms with Crippen molar-refractivity contribution >= 4 is 97.6 Å². The van der Waals surface area contributed by atoms with Crippen LogP contribution in [0.4, 0.5) is 39.8 Å². The number of benzene rings is 7. The van der Waals surface area contributed by atoms with Crippen molar-refractivity contribution in [3.63, 3.8) is 0 Å². The number of nitrogens with one attached hydrogen (secondary N) is 4. The largest absolute Gasteiger partial charge is 0.497 e. The van der Waals surface area contributed by atoms with E-state index in [4.69, 9.17) is 4.74 Å². The van der Waals surface area contributed by atoms with Crippen LogP contribution in [0.15, 0.2) is 198 Å². The molecular weight excluding hydrogens is 1340 g/mol. The molecule has 0 spiro atoms. The molecule has 0 aliphatic heterocycles. The zero-order chi connectivity index (χ0) is 71.6. The van der Waals surface area contributed by atoms with Crippen molar-refractivity contribution in [3.05, 3.63) is 194 Å². The highest BCUT2D eigenvalue weighted by Gasteiger charge is 2.34. The summed E-state index contributed by atoms with van der Waals surface area (Å²) in [5.74, 6) is 0.805. The number of rotatable bonds is 29. The number of nitrogens with zero attached hydrogens (tertiary/aromatic N) is 3. The third-order valence-corrected chi connectivity index (χ3v) is 24.0. The van der Waals surface area contributed by atoms with Gasteiger partial charge in [0.05, 0.1) is 39.8 Å². The van der Waals surface area contributed by atoms with E-state index in [2.05, 4.69) is 32.7 Å². The first-order chi connectivity index (χ1) is 48.1. The van der Waals surface area contributed by atoms with Crippen LogP contribution in [-0.2, 0) is 49.7 Å². The molecule has 7 aromatic carbocycles. The predicted octanol–water partition coefficient (Wildman–Crippen LogP) is 16.4. The lowest BCUT2D eigenvalue weighted by Crippen LogP contribution is -2.42. The van der Waals surface area contributed by atoms with E-state index in [1.807, 2.05) is 84.9 Å². The number of hydrogen-bond donors (Lipinski definition) is 4. The van der Waals surface area contributed by atoms with Crippen molar-refractivity contribution in [2.24, 2.45) is 11.8 Å². The van der Waals surface area contributed by atoms with E-state index in [9.17, 15) is 48.1 Å². The molecule has 0 aromatic heterocycles. The first kappa shape index (κ1) is 77.6. The summed E-state index contributed by atoms with van der Waals surface area (Å²) in [7, 11) is -11.2. The lowest BCUT2D eigenvalue weighted by molar-refractivity contribution is -0.123. The molecule has 0 radical (unpaired) electrons. The van der Waals surface area contributed by atoms with Gasteiger partial charge in [-0.25, -0.2) is 38.4 Å². The normalized spacial score (nSPS) is 16.0. The fraction of sp³-hybridized carbons (Fsp3) is 0.416. The summed E-state index contributed by atoms with van der Waals surface area (Å²) in [6, 6.07) is 53.8. The minimum absolute atomic E-state index is 0.00199. The van der Waals surface area contributed by atoms with Crippen molar-refractivity contribution in [1.82, 2.24) is 9.62 Å². The monoisotopic (exact) mass is 1440 g/mol. The Labute approximate surface area is 594 Å². The molecule has 19 nitrogen and oxygen atoms in total. The first-order valence-corrected chi connectivity index (χ1v) is 41.5. The Morgan fingerprint density at radius 3 is 1.26 bits per heavy atom. The Balaban J connectivity index is 0.000000191. The molecule has 0 atom stereocenters. The van der Waals surface area contributed by atoms with Crippen LogP contribution in [0.1, 0.15) is 165 Å². The van der Waals surface area contributed by atoms with Crippen LogP contribution in [0.5, 0.6) is 5.75 Å². The smallest absolute Gasteiger partial charge is 0.261 e. The van der Waals surface area contributed by atoms with Crippen molar-refractivity contribution in [2.75, 3.05) is 49.6 Å². The van der Waals surface area contributed by atoms with Crippen LogP contribution >= 0.6 is 0 Å². The summed E-state index contributed by atoms with van der Waals surface area (Å²) < 4.78 is 117. The maximum Gasteiger partial charge on any atom is 0.261 e. The molecule has 0 saturated heterocycles. The summed E-state index contributed by atoms with van der Waals surface area (Å²) in [5.41, 5.74) is 4.05. The van der Waals surface area contributed by atoms with Gasteiger partial charge in [-0.1, -0.05) is 164 Å². The van der Waals surface area contributed by atoms with Gasteiger partial charge in [-0.15, -0.1) is 0 Å². The summed E-state index contributed by atoms with van der Waals surface area (Å²) in [4.78, 5) is 45.7. The highest BCUT2D eigenvalue weighted by atomic mass is 32.2. The Morgan fingerprint density at radius 1 is 0.420 bits per heavy atom. The number of sulfonamides is 4. The maximum atomic E-state index is 13.5. The second-order valence-corrected chi connectivity index (χ2v) is 33.0. The number of carbonyl (C=O) groups is 3. The molecule has 0 heterocycles. The number of hydrogen-bond acceptors (Lipinski definition) is 12. The minimum atomic E-state index is -3.96. The van der Waals surface area contributed by atoms with Gasteiger partial charge >= 0.3 is 0 Å². The summed E-state index contributed by atoms with van der Waals surface area (Å²) in [6.45, 7) is 4.21. The third kappa shape index (κ3) is 23.5. The van der Waals surface area contributed by atoms with E-state index in [0.717, 1.165) is 125 Å². The van der Waals surface area contributed by atoms with Gasteiger partial charge in [0, 0.05) is 65.0 Å². The lowest BCUT2D eigenvalue weighted by Gasteiger charge is -2.32. The third-order valence-electron chi connectivity index (χ3n) is 18.3. The number of anilines is 7. The lowest BCUT2D eigenvalue weighted by atomic mass is 9.85. The first-order valence-electron chi connectivity index (χ1n) is 35.2. The van der Waals surface area contributed by atoms with Crippen LogP contribution in [0.3, 0.4) is 0 Å². The zero-order valence-corrected chi connectivity index (χ0v) is 61.3. The molecule has 538 valence electrons. The van der Waals surface area contributed by atoms with E-state index in [0.29, 0.717) is 44.2 Å². The van der Waals surface area contributed by atoms with Crippen molar-refractivity contribution < 1.29 is 52.8 Å². The quantitative estimate of drug-likeness (QED) is 0.0319. The minimum Gasteiger partial charge on any atom is -0.497 e. The highest BCUT2D eigenvalue weighted by molar-refractivity contribution is 7.93. The van der Waals surface area contributed by atoms with E-state index >= 15 is 0 Å². The van der Waals surface area contributed by atoms with Crippen molar-refractivity contribution in [1.29, 1.82) is 0 Å². The molecular formula is C77H99N7O12S4. The fourth-order valence-corrected chi connectivity index (χ4v) is 17.6. The summed E-state index contributed by atoms with van der Waals surface area (Å²) in [6.07, 6.45) is 20.4. The maximum absolute atomic E-state index is 13.5. The molecule has 23 heteroatoms. The zero-order valence-electron chi connectivity index (χ0n) is 58.1. The summed E-state index contributed by atoms with van der Waals surface area (Å²) in [5, 5.41) is 0. The van der Waals surface area contributed by atoms with Crippen LogP contribution in [0, 0.1) is 11.8 Å². The number of methoxy groups -OCH3 is 1. The van der Waals surface area contributed by atoms with Gasteiger partial charge in [0.1, 0.15) is 5.75 Å². The Morgan fingerprint density at radius 2 is 0.820 bits per heavy atom. The molecule has 3 fully saturated rings. The SMILES string of the molecule is CCCCCCS(=O)(=O)NC1CCC(C(=O)N(c2ccccc2)c2ccccc2)CC1.CCCCCCS(=O)(=O)Nc1ccc(N(C(=O)C2CCCCC2)c2ccc(OC)cc2)cc1.CN(C(=O)c1cc(NS(=O)(=O)c2ccccc2)cc(NS(=O)(=O)c2ccccc2)c1)C1CCCCC1. The molecule has 0 bridgehead atoms. The van der Waals surface area contributed by atoms with Gasteiger partial charge in [0.25, 0.3) is 26.0 Å².